The normalized spacial score (nSPS) is 19.8. The largest absolute Gasteiger partial charge is 0.325 e. The number of amides is 1. The van der Waals surface area contributed by atoms with Crippen molar-refractivity contribution in [2.75, 3.05) is 31.5 Å². The Labute approximate surface area is 121 Å². The van der Waals surface area contributed by atoms with Crippen LogP contribution in [0.5, 0.6) is 0 Å². The Hall–Kier alpha value is -1.39. The van der Waals surface area contributed by atoms with Crippen LogP contribution in [-0.4, -0.2) is 43.0 Å². The van der Waals surface area contributed by atoms with E-state index in [1.165, 1.54) is 5.56 Å². The summed E-state index contributed by atoms with van der Waals surface area (Å²) < 4.78 is 0. The van der Waals surface area contributed by atoms with Gasteiger partial charge >= 0.3 is 0 Å². The summed E-state index contributed by atoms with van der Waals surface area (Å²) in [6.45, 7) is 7.65. The van der Waals surface area contributed by atoms with E-state index < -0.39 is 0 Å². The molecule has 1 aromatic rings. The van der Waals surface area contributed by atoms with Crippen molar-refractivity contribution < 1.29 is 4.79 Å². The van der Waals surface area contributed by atoms with E-state index in [2.05, 4.69) is 41.5 Å². The van der Waals surface area contributed by atoms with Crippen LogP contribution in [0.3, 0.4) is 0 Å². The smallest absolute Gasteiger partial charge is 0.238 e. The third-order valence-corrected chi connectivity index (χ3v) is 3.76. The molecule has 2 N–H and O–H groups in total. The number of rotatable bonds is 5. The van der Waals surface area contributed by atoms with Crippen molar-refractivity contribution in [3.8, 4) is 0 Å². The molecule has 1 heterocycles. The predicted molar refractivity (Wildman–Crippen MR) is 83.0 cm³/mol. The molecule has 1 aliphatic rings. The van der Waals surface area contributed by atoms with E-state index in [-0.39, 0.29) is 5.91 Å². The van der Waals surface area contributed by atoms with E-state index >= 15 is 0 Å². The van der Waals surface area contributed by atoms with Gasteiger partial charge in [-0.1, -0.05) is 25.5 Å². The van der Waals surface area contributed by atoms with Gasteiger partial charge in [0.25, 0.3) is 0 Å². The third-order valence-electron chi connectivity index (χ3n) is 3.76. The number of carbonyl (C=O) groups is 1. The van der Waals surface area contributed by atoms with E-state index in [1.807, 2.05) is 12.1 Å². The monoisotopic (exact) mass is 275 g/mol. The Kier molecular flexibility index (Phi) is 5.56. The van der Waals surface area contributed by atoms with Gasteiger partial charge in [-0.15, -0.1) is 0 Å². The molecule has 1 amide bonds. The number of piperazine rings is 1. The number of aryl methyl sites for hydroxylation is 1. The van der Waals surface area contributed by atoms with Crippen LogP contribution in [0.4, 0.5) is 5.69 Å². The van der Waals surface area contributed by atoms with Gasteiger partial charge < -0.3 is 10.6 Å². The molecule has 110 valence electrons. The lowest BCUT2D eigenvalue weighted by Crippen LogP contribution is -2.51. The Balaban J connectivity index is 1.84. The predicted octanol–water partition coefficient (Wildman–Crippen LogP) is 1.87. The topological polar surface area (TPSA) is 44.4 Å². The molecule has 0 spiro atoms. The molecular weight excluding hydrogens is 250 g/mol. The SMILES string of the molecule is CCCc1ccc(NC(=O)CN2CCNC[C@@H]2C)cc1. The van der Waals surface area contributed by atoms with Crippen molar-refractivity contribution in [1.82, 2.24) is 10.2 Å². The van der Waals surface area contributed by atoms with Gasteiger partial charge in [-0.25, -0.2) is 0 Å². The number of anilines is 1. The van der Waals surface area contributed by atoms with E-state index in [0.717, 1.165) is 38.2 Å². The molecule has 20 heavy (non-hydrogen) atoms. The lowest BCUT2D eigenvalue weighted by atomic mass is 10.1. The van der Waals surface area contributed by atoms with Crippen molar-refractivity contribution in [1.29, 1.82) is 0 Å². The van der Waals surface area contributed by atoms with Crippen molar-refractivity contribution in [3.05, 3.63) is 29.8 Å². The Morgan fingerprint density at radius 1 is 1.40 bits per heavy atom. The molecule has 4 heteroatoms. The number of nitrogens with one attached hydrogen (secondary N) is 2. The fraction of sp³-hybridized carbons (Fsp3) is 0.562. The maximum Gasteiger partial charge on any atom is 0.238 e. The maximum atomic E-state index is 12.1. The average molecular weight is 275 g/mol. The first-order chi connectivity index (χ1) is 9.69. The molecule has 0 bridgehead atoms. The summed E-state index contributed by atoms with van der Waals surface area (Å²) in [5.74, 6) is 0.0713. The van der Waals surface area contributed by atoms with Crippen LogP contribution in [-0.2, 0) is 11.2 Å². The first kappa shape index (κ1) is 15.0. The molecule has 1 aliphatic heterocycles. The van der Waals surface area contributed by atoms with Gasteiger partial charge in [0.05, 0.1) is 6.54 Å². The van der Waals surface area contributed by atoms with Crippen molar-refractivity contribution in [3.63, 3.8) is 0 Å². The minimum atomic E-state index is 0.0713. The van der Waals surface area contributed by atoms with Crippen LogP contribution in [0.2, 0.25) is 0 Å². The van der Waals surface area contributed by atoms with Crippen LogP contribution >= 0.6 is 0 Å². The zero-order chi connectivity index (χ0) is 14.4. The molecule has 0 aliphatic carbocycles. The minimum Gasteiger partial charge on any atom is -0.325 e. The lowest BCUT2D eigenvalue weighted by molar-refractivity contribution is -0.118. The number of benzene rings is 1. The minimum absolute atomic E-state index is 0.0713. The molecule has 0 saturated carbocycles. The molecule has 1 fully saturated rings. The number of hydrogen-bond acceptors (Lipinski definition) is 3. The van der Waals surface area contributed by atoms with Crippen LogP contribution in [0, 0.1) is 0 Å². The van der Waals surface area contributed by atoms with Gasteiger partial charge in [-0.2, -0.15) is 0 Å². The van der Waals surface area contributed by atoms with Crippen molar-refractivity contribution in [2.45, 2.75) is 32.7 Å². The highest BCUT2D eigenvalue weighted by Crippen LogP contribution is 2.11. The number of hydrogen-bond donors (Lipinski definition) is 2. The van der Waals surface area contributed by atoms with Crippen LogP contribution < -0.4 is 10.6 Å². The average Bonchev–Trinajstić information content (AvgIpc) is 2.44. The highest BCUT2D eigenvalue weighted by Gasteiger charge is 2.20. The first-order valence-electron chi connectivity index (χ1n) is 7.52. The third kappa shape index (κ3) is 4.32. The fourth-order valence-corrected chi connectivity index (χ4v) is 2.55. The van der Waals surface area contributed by atoms with Crippen molar-refractivity contribution >= 4 is 11.6 Å². The summed E-state index contributed by atoms with van der Waals surface area (Å²) in [4.78, 5) is 14.3. The molecule has 4 nitrogen and oxygen atoms in total. The highest BCUT2D eigenvalue weighted by atomic mass is 16.2. The Bertz CT molecular complexity index is 430. The Morgan fingerprint density at radius 3 is 2.80 bits per heavy atom. The van der Waals surface area contributed by atoms with Crippen LogP contribution in [0.25, 0.3) is 0 Å². The van der Waals surface area contributed by atoms with Crippen molar-refractivity contribution in [2.24, 2.45) is 0 Å². The van der Waals surface area contributed by atoms with Gasteiger partial charge in [0.1, 0.15) is 0 Å². The molecular formula is C16H25N3O. The van der Waals surface area contributed by atoms with Gasteiger partial charge in [0, 0.05) is 31.4 Å². The maximum absolute atomic E-state index is 12.1. The lowest BCUT2D eigenvalue weighted by Gasteiger charge is -2.33. The zero-order valence-corrected chi connectivity index (χ0v) is 12.5. The van der Waals surface area contributed by atoms with Crippen LogP contribution in [0.15, 0.2) is 24.3 Å². The standard InChI is InChI=1S/C16H25N3O/c1-3-4-14-5-7-15(8-6-14)18-16(20)12-19-10-9-17-11-13(19)2/h5-8,13,17H,3-4,9-12H2,1-2H3,(H,18,20)/t13-/m0/s1. The Morgan fingerprint density at radius 2 is 2.15 bits per heavy atom. The highest BCUT2D eigenvalue weighted by molar-refractivity contribution is 5.92. The summed E-state index contributed by atoms with van der Waals surface area (Å²) in [6, 6.07) is 8.58. The quantitative estimate of drug-likeness (QED) is 0.862. The second kappa shape index (κ2) is 7.41. The van der Waals surface area contributed by atoms with Gasteiger partial charge in [0.2, 0.25) is 5.91 Å². The molecule has 2 rings (SSSR count). The fourth-order valence-electron chi connectivity index (χ4n) is 2.55. The van der Waals surface area contributed by atoms with Gasteiger partial charge in [-0.05, 0) is 31.0 Å². The summed E-state index contributed by atoms with van der Waals surface area (Å²) in [6.07, 6.45) is 2.24. The summed E-state index contributed by atoms with van der Waals surface area (Å²) in [7, 11) is 0. The van der Waals surface area contributed by atoms with Gasteiger partial charge in [-0.3, -0.25) is 9.69 Å². The second-order valence-corrected chi connectivity index (χ2v) is 5.52. The summed E-state index contributed by atoms with van der Waals surface area (Å²) in [5.41, 5.74) is 2.21. The van der Waals surface area contributed by atoms with E-state index in [1.54, 1.807) is 0 Å². The van der Waals surface area contributed by atoms with E-state index in [0.29, 0.717) is 12.6 Å². The van der Waals surface area contributed by atoms with Gasteiger partial charge in [0.15, 0.2) is 0 Å². The van der Waals surface area contributed by atoms with E-state index in [4.69, 9.17) is 0 Å². The summed E-state index contributed by atoms with van der Waals surface area (Å²) in [5, 5.41) is 6.31. The first-order valence-corrected chi connectivity index (χ1v) is 7.52. The molecule has 0 radical (unpaired) electrons. The molecule has 0 unspecified atom stereocenters. The van der Waals surface area contributed by atoms with Crippen LogP contribution in [0.1, 0.15) is 25.8 Å². The summed E-state index contributed by atoms with van der Waals surface area (Å²) >= 11 is 0. The zero-order valence-electron chi connectivity index (χ0n) is 12.5. The molecule has 1 atom stereocenters. The molecule has 1 saturated heterocycles. The molecule has 1 aromatic carbocycles. The second-order valence-electron chi connectivity index (χ2n) is 5.52. The number of carbonyl (C=O) groups excluding carboxylic acids is 1. The number of nitrogens with zero attached hydrogens (tertiary/aromatic N) is 1. The molecule has 0 aromatic heterocycles. The van der Waals surface area contributed by atoms with E-state index in [9.17, 15) is 4.79 Å².